The zero-order chi connectivity index (χ0) is 14.6. The fraction of sp³-hybridized carbons (Fsp3) is 0.722. The van der Waals surface area contributed by atoms with Gasteiger partial charge in [-0.3, -0.25) is 4.79 Å². The van der Waals surface area contributed by atoms with Crippen LogP contribution in [-0.2, 0) is 0 Å². The Kier molecular flexibility index (Phi) is 9.10. The fourth-order valence-corrected chi connectivity index (χ4v) is 2.79. The van der Waals surface area contributed by atoms with E-state index in [9.17, 15) is 4.79 Å². The highest BCUT2D eigenvalue weighted by Crippen LogP contribution is 2.26. The predicted molar refractivity (Wildman–Crippen MR) is 87.3 cm³/mol. The molecule has 0 aromatic carbocycles. The maximum absolute atomic E-state index is 11.5. The Labute approximate surface area is 124 Å². The molecular formula is C18H31NO. The maximum atomic E-state index is 11.5. The summed E-state index contributed by atoms with van der Waals surface area (Å²) in [7, 11) is 0. The molecule has 0 fully saturated rings. The van der Waals surface area contributed by atoms with Crippen molar-refractivity contribution in [2.24, 2.45) is 0 Å². The molecule has 0 aliphatic rings. The van der Waals surface area contributed by atoms with E-state index >= 15 is 0 Å². The summed E-state index contributed by atoms with van der Waals surface area (Å²) in [6.45, 7) is 4.49. The van der Waals surface area contributed by atoms with Crippen molar-refractivity contribution in [3.05, 3.63) is 34.2 Å². The highest BCUT2D eigenvalue weighted by atomic mass is 16.1. The molecule has 2 heteroatoms. The number of hydrogen-bond donors (Lipinski definition) is 1. The van der Waals surface area contributed by atoms with Crippen LogP contribution >= 0.6 is 0 Å². The van der Waals surface area contributed by atoms with E-state index in [-0.39, 0.29) is 5.56 Å². The Balaban J connectivity index is 2.51. The van der Waals surface area contributed by atoms with Crippen LogP contribution < -0.4 is 5.56 Å². The third-order valence-corrected chi connectivity index (χ3v) is 4.04. The molecule has 0 radical (unpaired) electrons. The van der Waals surface area contributed by atoms with Gasteiger partial charge in [0.2, 0.25) is 5.56 Å². The molecular weight excluding hydrogens is 246 g/mol. The number of rotatable bonds is 11. The van der Waals surface area contributed by atoms with Crippen LogP contribution in [0.3, 0.4) is 0 Å². The lowest BCUT2D eigenvalue weighted by atomic mass is 9.91. The van der Waals surface area contributed by atoms with E-state index in [0.29, 0.717) is 5.92 Å². The highest BCUT2D eigenvalue weighted by Gasteiger charge is 2.11. The Morgan fingerprint density at radius 2 is 1.50 bits per heavy atom. The lowest BCUT2D eigenvalue weighted by molar-refractivity contribution is 0.488. The SMILES string of the molecule is CCCCCCC(CCCCCC)c1cccc(=O)[nH]1. The normalized spacial score (nSPS) is 11.2. The zero-order valence-corrected chi connectivity index (χ0v) is 13.3. The molecule has 0 aliphatic carbocycles. The molecule has 0 bridgehead atoms. The average molecular weight is 277 g/mol. The lowest BCUT2D eigenvalue weighted by Crippen LogP contribution is -2.10. The second-order valence-electron chi connectivity index (χ2n) is 5.87. The van der Waals surface area contributed by atoms with Crippen LogP contribution in [0.25, 0.3) is 0 Å². The van der Waals surface area contributed by atoms with Crippen LogP contribution in [0.2, 0.25) is 0 Å². The monoisotopic (exact) mass is 277 g/mol. The number of aromatic amines is 1. The number of pyridine rings is 1. The Morgan fingerprint density at radius 1 is 0.900 bits per heavy atom. The molecule has 0 aliphatic heterocycles. The van der Waals surface area contributed by atoms with Gasteiger partial charge in [-0.05, 0) is 24.8 Å². The molecule has 114 valence electrons. The molecule has 0 atom stereocenters. The Hall–Kier alpha value is -1.05. The first-order valence-electron chi connectivity index (χ1n) is 8.47. The van der Waals surface area contributed by atoms with Crippen molar-refractivity contribution < 1.29 is 0 Å². The predicted octanol–water partition coefficient (Wildman–Crippen LogP) is 5.40. The molecule has 0 saturated heterocycles. The molecule has 1 rings (SSSR count). The van der Waals surface area contributed by atoms with Gasteiger partial charge in [-0.2, -0.15) is 0 Å². The van der Waals surface area contributed by atoms with Crippen molar-refractivity contribution in [1.82, 2.24) is 4.98 Å². The van der Waals surface area contributed by atoms with E-state index in [1.807, 2.05) is 6.07 Å². The summed E-state index contributed by atoms with van der Waals surface area (Å²) in [4.78, 5) is 14.5. The van der Waals surface area contributed by atoms with Gasteiger partial charge in [-0.25, -0.2) is 0 Å². The van der Waals surface area contributed by atoms with Crippen molar-refractivity contribution in [3.8, 4) is 0 Å². The molecule has 0 unspecified atom stereocenters. The molecule has 1 heterocycles. The number of hydrogen-bond acceptors (Lipinski definition) is 1. The third kappa shape index (κ3) is 6.93. The van der Waals surface area contributed by atoms with Gasteiger partial charge >= 0.3 is 0 Å². The van der Waals surface area contributed by atoms with Gasteiger partial charge in [0, 0.05) is 11.8 Å². The molecule has 20 heavy (non-hydrogen) atoms. The van der Waals surface area contributed by atoms with Gasteiger partial charge in [0.05, 0.1) is 0 Å². The lowest BCUT2D eigenvalue weighted by Gasteiger charge is -2.17. The van der Waals surface area contributed by atoms with Crippen molar-refractivity contribution in [3.63, 3.8) is 0 Å². The maximum Gasteiger partial charge on any atom is 0.248 e. The van der Waals surface area contributed by atoms with Crippen molar-refractivity contribution in [1.29, 1.82) is 0 Å². The first-order valence-corrected chi connectivity index (χ1v) is 8.47. The van der Waals surface area contributed by atoms with E-state index in [1.165, 1.54) is 64.2 Å². The van der Waals surface area contributed by atoms with Crippen LogP contribution in [0.1, 0.15) is 89.7 Å². The minimum absolute atomic E-state index is 0.0367. The standard InChI is InChI=1S/C18H31NO/c1-3-5-7-9-12-16(13-10-8-6-4-2)17-14-11-15-18(20)19-17/h11,14-16H,3-10,12-13H2,1-2H3,(H,19,20). The molecule has 1 N–H and O–H groups in total. The fourth-order valence-electron chi connectivity index (χ4n) is 2.79. The largest absolute Gasteiger partial charge is 0.326 e. The summed E-state index contributed by atoms with van der Waals surface area (Å²) in [5.41, 5.74) is 1.18. The summed E-state index contributed by atoms with van der Waals surface area (Å²) < 4.78 is 0. The second kappa shape index (κ2) is 10.7. The molecule has 0 saturated carbocycles. The first kappa shape index (κ1) is 17.0. The molecule has 0 spiro atoms. The summed E-state index contributed by atoms with van der Waals surface area (Å²) in [5.74, 6) is 0.539. The number of H-pyrrole nitrogens is 1. The van der Waals surface area contributed by atoms with Crippen LogP contribution in [-0.4, -0.2) is 4.98 Å². The van der Waals surface area contributed by atoms with Gasteiger partial charge in [0.15, 0.2) is 0 Å². The zero-order valence-electron chi connectivity index (χ0n) is 13.3. The van der Waals surface area contributed by atoms with Gasteiger partial charge < -0.3 is 4.98 Å². The average Bonchev–Trinajstić information content (AvgIpc) is 2.45. The molecule has 1 aromatic rings. The van der Waals surface area contributed by atoms with E-state index in [4.69, 9.17) is 0 Å². The van der Waals surface area contributed by atoms with Crippen molar-refractivity contribution in [2.75, 3.05) is 0 Å². The van der Waals surface area contributed by atoms with Gasteiger partial charge in [0.25, 0.3) is 0 Å². The van der Waals surface area contributed by atoms with Crippen LogP contribution in [0.15, 0.2) is 23.0 Å². The minimum atomic E-state index is 0.0367. The molecule has 1 aromatic heterocycles. The van der Waals surface area contributed by atoms with E-state index in [0.717, 1.165) is 5.69 Å². The van der Waals surface area contributed by atoms with Crippen molar-refractivity contribution >= 4 is 0 Å². The minimum Gasteiger partial charge on any atom is -0.326 e. The molecule has 2 nitrogen and oxygen atoms in total. The Morgan fingerprint density at radius 3 is 2.00 bits per heavy atom. The van der Waals surface area contributed by atoms with Crippen LogP contribution in [0, 0.1) is 0 Å². The third-order valence-electron chi connectivity index (χ3n) is 4.04. The number of unbranched alkanes of at least 4 members (excludes halogenated alkanes) is 6. The number of aromatic nitrogens is 1. The van der Waals surface area contributed by atoms with Gasteiger partial charge in [0.1, 0.15) is 0 Å². The quantitative estimate of drug-likeness (QED) is 0.540. The highest BCUT2D eigenvalue weighted by molar-refractivity contribution is 5.09. The summed E-state index contributed by atoms with van der Waals surface area (Å²) in [6.07, 6.45) is 12.8. The number of nitrogens with one attached hydrogen (secondary N) is 1. The molecule has 0 amide bonds. The van der Waals surface area contributed by atoms with E-state index in [2.05, 4.69) is 24.9 Å². The van der Waals surface area contributed by atoms with Gasteiger partial charge in [-0.1, -0.05) is 71.3 Å². The smallest absolute Gasteiger partial charge is 0.248 e. The van der Waals surface area contributed by atoms with Crippen LogP contribution in [0.4, 0.5) is 0 Å². The van der Waals surface area contributed by atoms with E-state index < -0.39 is 0 Å². The van der Waals surface area contributed by atoms with Crippen molar-refractivity contribution in [2.45, 2.75) is 84.0 Å². The topological polar surface area (TPSA) is 32.9 Å². The Bertz CT molecular complexity index is 384. The summed E-state index contributed by atoms with van der Waals surface area (Å²) in [5, 5.41) is 0. The first-order chi connectivity index (χ1) is 9.77. The van der Waals surface area contributed by atoms with E-state index in [1.54, 1.807) is 6.07 Å². The van der Waals surface area contributed by atoms with Crippen LogP contribution in [0.5, 0.6) is 0 Å². The summed E-state index contributed by atoms with van der Waals surface area (Å²) in [6, 6.07) is 5.58. The van der Waals surface area contributed by atoms with Gasteiger partial charge in [-0.15, -0.1) is 0 Å². The second-order valence-corrected chi connectivity index (χ2v) is 5.87. The summed E-state index contributed by atoms with van der Waals surface area (Å²) >= 11 is 0.